The third-order valence-electron chi connectivity index (χ3n) is 3.81. The van der Waals surface area contributed by atoms with Crippen molar-refractivity contribution in [2.24, 2.45) is 0 Å². The number of carbonyl (C=O) groups is 1. The number of rotatable bonds is 5. The van der Waals surface area contributed by atoms with Gasteiger partial charge in [-0.15, -0.1) is 0 Å². The van der Waals surface area contributed by atoms with Crippen LogP contribution in [0, 0.1) is 0 Å². The van der Waals surface area contributed by atoms with Crippen molar-refractivity contribution in [3.05, 3.63) is 24.0 Å². The lowest BCUT2D eigenvalue weighted by atomic mass is 9.79. The second-order valence-electron chi connectivity index (χ2n) is 5.66. The Morgan fingerprint density at radius 3 is 2.55 bits per heavy atom. The summed E-state index contributed by atoms with van der Waals surface area (Å²) < 4.78 is 11.2. The summed E-state index contributed by atoms with van der Waals surface area (Å²) in [6.07, 6.45) is 8.13. The van der Waals surface area contributed by atoms with E-state index in [1.165, 1.54) is 6.42 Å². The number of hydrogen-bond acceptors (Lipinski definition) is 4. The number of methoxy groups -OCH3 is 1. The van der Waals surface area contributed by atoms with Crippen LogP contribution >= 0.6 is 0 Å². The fourth-order valence-corrected chi connectivity index (χ4v) is 2.79. The van der Waals surface area contributed by atoms with Gasteiger partial charge in [-0.05, 0) is 32.8 Å². The molecule has 1 fully saturated rings. The maximum atomic E-state index is 12.8. The molecule has 1 heterocycles. The van der Waals surface area contributed by atoms with Crippen LogP contribution in [-0.2, 0) is 4.74 Å². The molecule has 0 saturated heterocycles. The molecule has 0 atom stereocenters. The third-order valence-corrected chi connectivity index (χ3v) is 3.81. The van der Waals surface area contributed by atoms with Crippen molar-refractivity contribution in [3.8, 4) is 5.75 Å². The molecule has 2 rings (SSSR count). The van der Waals surface area contributed by atoms with Crippen LogP contribution < -0.4 is 4.74 Å². The Morgan fingerprint density at radius 1 is 1.25 bits per heavy atom. The number of carbonyl (C=O) groups excluding carboxylic acids is 1. The highest BCUT2D eigenvalue weighted by Crippen LogP contribution is 2.34. The van der Waals surface area contributed by atoms with Crippen LogP contribution in [0.25, 0.3) is 0 Å². The van der Waals surface area contributed by atoms with Gasteiger partial charge in [0, 0.05) is 18.9 Å². The van der Waals surface area contributed by atoms with Crippen molar-refractivity contribution in [1.82, 2.24) is 4.98 Å². The molecule has 0 spiro atoms. The van der Waals surface area contributed by atoms with E-state index in [2.05, 4.69) is 4.98 Å². The van der Waals surface area contributed by atoms with Crippen molar-refractivity contribution >= 4 is 5.78 Å². The molecule has 20 heavy (non-hydrogen) atoms. The molecule has 4 heteroatoms. The predicted molar refractivity (Wildman–Crippen MR) is 77.2 cm³/mol. The molecule has 0 radical (unpaired) electrons. The third kappa shape index (κ3) is 3.18. The second kappa shape index (κ2) is 6.35. The van der Waals surface area contributed by atoms with E-state index < -0.39 is 5.60 Å². The van der Waals surface area contributed by atoms with E-state index in [4.69, 9.17) is 9.47 Å². The van der Waals surface area contributed by atoms with Gasteiger partial charge in [0.2, 0.25) is 0 Å². The summed E-state index contributed by atoms with van der Waals surface area (Å²) in [6, 6.07) is 1.77. The monoisotopic (exact) mass is 277 g/mol. The van der Waals surface area contributed by atoms with E-state index in [1.807, 2.05) is 13.8 Å². The molecule has 1 aromatic heterocycles. The Balaban J connectivity index is 2.23. The molecule has 0 N–H and O–H groups in total. The van der Waals surface area contributed by atoms with Gasteiger partial charge in [0.15, 0.2) is 5.78 Å². The Hall–Kier alpha value is -1.42. The van der Waals surface area contributed by atoms with Crippen LogP contribution in [0.3, 0.4) is 0 Å². The van der Waals surface area contributed by atoms with Crippen LogP contribution in [0.1, 0.15) is 56.3 Å². The maximum absolute atomic E-state index is 12.8. The van der Waals surface area contributed by atoms with E-state index in [0.717, 1.165) is 25.7 Å². The minimum Gasteiger partial charge on any atom is -0.489 e. The molecule has 1 aliphatic carbocycles. The summed E-state index contributed by atoms with van der Waals surface area (Å²) in [5.41, 5.74) is -0.0944. The van der Waals surface area contributed by atoms with Crippen LogP contribution in [0.2, 0.25) is 0 Å². The molecule has 0 amide bonds. The van der Waals surface area contributed by atoms with Crippen LogP contribution in [-0.4, -0.2) is 29.6 Å². The van der Waals surface area contributed by atoms with E-state index in [-0.39, 0.29) is 11.9 Å². The zero-order valence-electron chi connectivity index (χ0n) is 12.5. The molecule has 0 aliphatic heterocycles. The van der Waals surface area contributed by atoms with E-state index in [1.54, 1.807) is 25.6 Å². The molecule has 1 aromatic rings. The molecule has 0 bridgehead atoms. The highest BCUT2D eigenvalue weighted by molar-refractivity contribution is 6.02. The zero-order chi connectivity index (χ0) is 14.6. The summed E-state index contributed by atoms with van der Waals surface area (Å²) in [7, 11) is 1.63. The number of ether oxygens (including phenoxy) is 2. The van der Waals surface area contributed by atoms with Gasteiger partial charge >= 0.3 is 0 Å². The molecule has 1 saturated carbocycles. The predicted octanol–water partition coefficient (Wildman–Crippen LogP) is 3.40. The quantitative estimate of drug-likeness (QED) is 0.774. The molecule has 1 aliphatic rings. The van der Waals surface area contributed by atoms with Crippen molar-refractivity contribution in [3.63, 3.8) is 0 Å². The number of aromatic nitrogens is 1. The van der Waals surface area contributed by atoms with Crippen molar-refractivity contribution < 1.29 is 14.3 Å². The lowest BCUT2D eigenvalue weighted by Crippen LogP contribution is -2.42. The standard InChI is InChI=1S/C16H23NO3/c1-12(2)20-14-9-13(10-17-11-14)15(18)16(19-3)7-5-4-6-8-16/h9-12H,4-8H2,1-3H3. The minimum absolute atomic E-state index is 0.0291. The van der Waals surface area contributed by atoms with Gasteiger partial charge in [0.1, 0.15) is 11.4 Å². The number of nitrogens with zero attached hydrogens (tertiary/aromatic N) is 1. The van der Waals surface area contributed by atoms with E-state index in [0.29, 0.717) is 11.3 Å². The zero-order valence-corrected chi connectivity index (χ0v) is 12.5. The van der Waals surface area contributed by atoms with Crippen molar-refractivity contribution in [1.29, 1.82) is 0 Å². The number of Topliss-reactive ketones (excluding diaryl/α,β-unsaturated/α-hetero) is 1. The first-order valence-electron chi connectivity index (χ1n) is 7.29. The summed E-state index contributed by atoms with van der Waals surface area (Å²) in [4.78, 5) is 16.9. The Kier molecular flexibility index (Phi) is 4.76. The lowest BCUT2D eigenvalue weighted by Gasteiger charge is -2.34. The molecular weight excluding hydrogens is 254 g/mol. The maximum Gasteiger partial charge on any atom is 0.196 e. The van der Waals surface area contributed by atoms with E-state index in [9.17, 15) is 4.79 Å². The normalized spacial score (nSPS) is 18.0. The molecule has 0 unspecified atom stereocenters. The second-order valence-corrected chi connectivity index (χ2v) is 5.66. The van der Waals surface area contributed by atoms with Crippen LogP contribution in [0.15, 0.2) is 18.5 Å². The molecule has 110 valence electrons. The smallest absolute Gasteiger partial charge is 0.196 e. The first-order chi connectivity index (χ1) is 9.57. The van der Waals surface area contributed by atoms with Gasteiger partial charge in [-0.1, -0.05) is 19.3 Å². The first kappa shape index (κ1) is 15.0. The van der Waals surface area contributed by atoms with Crippen molar-refractivity contribution in [2.75, 3.05) is 7.11 Å². The summed E-state index contributed by atoms with van der Waals surface area (Å²) >= 11 is 0. The SMILES string of the molecule is COC1(C(=O)c2cncc(OC(C)C)c2)CCCCC1. The number of ketones is 1. The highest BCUT2D eigenvalue weighted by atomic mass is 16.5. The highest BCUT2D eigenvalue weighted by Gasteiger charge is 2.40. The van der Waals surface area contributed by atoms with Crippen LogP contribution in [0.4, 0.5) is 0 Å². The van der Waals surface area contributed by atoms with Gasteiger partial charge < -0.3 is 9.47 Å². The average Bonchev–Trinajstić information content (AvgIpc) is 2.47. The lowest BCUT2D eigenvalue weighted by molar-refractivity contribution is -0.0194. The first-order valence-corrected chi connectivity index (χ1v) is 7.29. The van der Waals surface area contributed by atoms with Gasteiger partial charge in [-0.25, -0.2) is 0 Å². The fraction of sp³-hybridized carbons (Fsp3) is 0.625. The Bertz CT molecular complexity index is 465. The van der Waals surface area contributed by atoms with Gasteiger partial charge in [0.25, 0.3) is 0 Å². The number of hydrogen-bond donors (Lipinski definition) is 0. The van der Waals surface area contributed by atoms with Crippen LogP contribution in [0.5, 0.6) is 5.75 Å². The molecular formula is C16H23NO3. The summed E-state index contributed by atoms with van der Waals surface area (Å²) in [5, 5.41) is 0. The van der Waals surface area contributed by atoms with Gasteiger partial charge in [-0.3, -0.25) is 9.78 Å². The Morgan fingerprint density at radius 2 is 1.95 bits per heavy atom. The summed E-state index contributed by atoms with van der Waals surface area (Å²) in [6.45, 7) is 3.90. The molecule has 0 aromatic carbocycles. The minimum atomic E-state index is -0.670. The average molecular weight is 277 g/mol. The number of pyridine rings is 1. The van der Waals surface area contributed by atoms with Gasteiger partial charge in [-0.2, -0.15) is 0 Å². The van der Waals surface area contributed by atoms with Crippen molar-refractivity contribution in [2.45, 2.75) is 57.7 Å². The van der Waals surface area contributed by atoms with Gasteiger partial charge in [0.05, 0.1) is 12.3 Å². The Labute approximate surface area is 120 Å². The largest absolute Gasteiger partial charge is 0.489 e. The van der Waals surface area contributed by atoms with E-state index >= 15 is 0 Å². The topological polar surface area (TPSA) is 48.4 Å². The molecule has 4 nitrogen and oxygen atoms in total. The fourth-order valence-electron chi connectivity index (χ4n) is 2.79. The summed E-state index contributed by atoms with van der Waals surface area (Å²) in [5.74, 6) is 0.661.